The number of carboxylic acids is 1. The SMILES string of the molecule is CN(CCC(=O)O)C(=O)NCC1(c2ccc(F)cc2)CCCCC1. The van der Waals surface area contributed by atoms with Crippen molar-refractivity contribution in [2.24, 2.45) is 0 Å². The van der Waals surface area contributed by atoms with Gasteiger partial charge in [-0.1, -0.05) is 31.4 Å². The Labute approximate surface area is 141 Å². The van der Waals surface area contributed by atoms with Crippen LogP contribution in [-0.4, -0.2) is 42.1 Å². The Kier molecular flexibility index (Phi) is 6.17. The van der Waals surface area contributed by atoms with Gasteiger partial charge < -0.3 is 15.3 Å². The van der Waals surface area contributed by atoms with E-state index in [0.717, 1.165) is 31.2 Å². The lowest BCUT2D eigenvalue weighted by molar-refractivity contribution is -0.137. The van der Waals surface area contributed by atoms with Crippen LogP contribution in [0.15, 0.2) is 24.3 Å². The fraction of sp³-hybridized carbons (Fsp3) is 0.556. The summed E-state index contributed by atoms with van der Waals surface area (Å²) < 4.78 is 13.2. The third-order valence-electron chi connectivity index (χ3n) is 4.85. The number of benzene rings is 1. The lowest BCUT2D eigenvalue weighted by Gasteiger charge is -2.38. The van der Waals surface area contributed by atoms with Gasteiger partial charge in [0.25, 0.3) is 0 Å². The summed E-state index contributed by atoms with van der Waals surface area (Å²) >= 11 is 0. The van der Waals surface area contributed by atoms with E-state index in [1.54, 1.807) is 19.2 Å². The highest BCUT2D eigenvalue weighted by molar-refractivity contribution is 5.75. The van der Waals surface area contributed by atoms with Crippen LogP contribution in [0.4, 0.5) is 9.18 Å². The molecule has 5 nitrogen and oxygen atoms in total. The summed E-state index contributed by atoms with van der Waals surface area (Å²) in [6.45, 7) is 0.652. The van der Waals surface area contributed by atoms with Gasteiger partial charge in [-0.2, -0.15) is 0 Å². The number of nitrogens with zero attached hydrogens (tertiary/aromatic N) is 1. The van der Waals surface area contributed by atoms with Crippen LogP contribution in [-0.2, 0) is 10.2 Å². The fourth-order valence-electron chi connectivity index (χ4n) is 3.34. The van der Waals surface area contributed by atoms with E-state index in [0.29, 0.717) is 6.54 Å². The van der Waals surface area contributed by atoms with Crippen molar-refractivity contribution in [1.29, 1.82) is 0 Å². The van der Waals surface area contributed by atoms with Crippen LogP contribution in [0.1, 0.15) is 44.1 Å². The summed E-state index contributed by atoms with van der Waals surface area (Å²) in [7, 11) is 1.59. The van der Waals surface area contributed by atoms with Crippen molar-refractivity contribution in [3.8, 4) is 0 Å². The molecule has 0 atom stereocenters. The molecule has 0 aromatic heterocycles. The number of carboxylic acid groups (broad SMARTS) is 1. The molecule has 0 radical (unpaired) electrons. The normalized spacial score (nSPS) is 16.4. The van der Waals surface area contributed by atoms with E-state index in [1.807, 2.05) is 0 Å². The van der Waals surface area contributed by atoms with Gasteiger partial charge in [0, 0.05) is 25.6 Å². The first-order valence-corrected chi connectivity index (χ1v) is 8.40. The van der Waals surface area contributed by atoms with Crippen LogP contribution in [0, 0.1) is 5.82 Å². The van der Waals surface area contributed by atoms with Gasteiger partial charge in [0.15, 0.2) is 0 Å². The Balaban J connectivity index is 2.02. The highest BCUT2D eigenvalue weighted by Gasteiger charge is 2.34. The van der Waals surface area contributed by atoms with Gasteiger partial charge in [0.05, 0.1) is 6.42 Å². The van der Waals surface area contributed by atoms with Crippen LogP contribution in [0.5, 0.6) is 0 Å². The van der Waals surface area contributed by atoms with E-state index in [1.165, 1.54) is 23.5 Å². The van der Waals surface area contributed by atoms with Crippen LogP contribution in [0.25, 0.3) is 0 Å². The molecule has 0 spiro atoms. The van der Waals surface area contributed by atoms with Gasteiger partial charge in [-0.15, -0.1) is 0 Å². The zero-order valence-electron chi connectivity index (χ0n) is 14.1. The van der Waals surface area contributed by atoms with Gasteiger partial charge in [-0.25, -0.2) is 9.18 Å². The van der Waals surface area contributed by atoms with Crippen molar-refractivity contribution >= 4 is 12.0 Å². The molecule has 1 aromatic rings. The molecule has 0 saturated heterocycles. The lowest BCUT2D eigenvalue weighted by atomic mass is 9.69. The maximum Gasteiger partial charge on any atom is 0.317 e. The fourth-order valence-corrected chi connectivity index (χ4v) is 3.34. The largest absolute Gasteiger partial charge is 0.481 e. The van der Waals surface area contributed by atoms with Crippen molar-refractivity contribution in [1.82, 2.24) is 10.2 Å². The molecule has 1 saturated carbocycles. The number of nitrogens with one attached hydrogen (secondary N) is 1. The monoisotopic (exact) mass is 336 g/mol. The highest BCUT2D eigenvalue weighted by atomic mass is 19.1. The van der Waals surface area contributed by atoms with Gasteiger partial charge >= 0.3 is 12.0 Å². The lowest BCUT2D eigenvalue weighted by Crippen LogP contribution is -2.46. The number of carbonyl (C=O) groups excluding carboxylic acids is 1. The minimum atomic E-state index is -0.926. The molecular formula is C18H25FN2O3. The second kappa shape index (κ2) is 8.13. The number of amides is 2. The third-order valence-corrected chi connectivity index (χ3v) is 4.85. The highest BCUT2D eigenvalue weighted by Crippen LogP contribution is 2.39. The molecule has 2 N–H and O–H groups in total. The molecule has 1 aromatic carbocycles. The summed E-state index contributed by atoms with van der Waals surface area (Å²) in [5.41, 5.74) is 0.881. The van der Waals surface area contributed by atoms with Crippen molar-refractivity contribution in [2.45, 2.75) is 43.9 Å². The molecule has 2 rings (SSSR count). The predicted molar refractivity (Wildman–Crippen MR) is 89.4 cm³/mol. The molecule has 1 aliphatic rings. The number of hydrogen-bond acceptors (Lipinski definition) is 2. The summed E-state index contributed by atoms with van der Waals surface area (Å²) in [5.74, 6) is -1.19. The Morgan fingerprint density at radius 2 is 1.83 bits per heavy atom. The second-order valence-corrected chi connectivity index (χ2v) is 6.57. The van der Waals surface area contributed by atoms with Crippen molar-refractivity contribution in [3.05, 3.63) is 35.6 Å². The number of carbonyl (C=O) groups is 2. The maximum absolute atomic E-state index is 13.2. The molecule has 0 unspecified atom stereocenters. The molecule has 0 bridgehead atoms. The molecular weight excluding hydrogens is 311 g/mol. The number of rotatable bonds is 6. The Hall–Kier alpha value is -2.11. The molecule has 1 fully saturated rings. The topological polar surface area (TPSA) is 69.6 Å². The van der Waals surface area contributed by atoms with Gasteiger partial charge in [0.2, 0.25) is 0 Å². The number of aliphatic carboxylic acids is 1. The average molecular weight is 336 g/mol. The zero-order chi connectivity index (χ0) is 17.6. The second-order valence-electron chi connectivity index (χ2n) is 6.57. The smallest absolute Gasteiger partial charge is 0.317 e. The van der Waals surface area contributed by atoms with Crippen molar-refractivity contribution in [3.63, 3.8) is 0 Å². The van der Waals surface area contributed by atoms with E-state index in [9.17, 15) is 14.0 Å². The van der Waals surface area contributed by atoms with Crippen molar-refractivity contribution in [2.75, 3.05) is 20.1 Å². The van der Waals surface area contributed by atoms with Crippen molar-refractivity contribution < 1.29 is 19.1 Å². The molecule has 0 aliphatic heterocycles. The third kappa shape index (κ3) is 4.69. The van der Waals surface area contributed by atoms with E-state index in [-0.39, 0.29) is 30.2 Å². The van der Waals surface area contributed by atoms with Gasteiger partial charge in [0.1, 0.15) is 5.82 Å². The Morgan fingerprint density at radius 3 is 2.42 bits per heavy atom. The minimum Gasteiger partial charge on any atom is -0.481 e. The Morgan fingerprint density at radius 1 is 1.21 bits per heavy atom. The first-order chi connectivity index (χ1) is 11.4. The first-order valence-electron chi connectivity index (χ1n) is 8.40. The van der Waals surface area contributed by atoms with E-state index in [4.69, 9.17) is 5.11 Å². The molecule has 2 amide bonds. The number of urea groups is 1. The van der Waals surface area contributed by atoms with Crippen LogP contribution in [0.2, 0.25) is 0 Å². The maximum atomic E-state index is 13.2. The molecule has 24 heavy (non-hydrogen) atoms. The number of hydrogen-bond donors (Lipinski definition) is 2. The van der Waals surface area contributed by atoms with E-state index >= 15 is 0 Å². The summed E-state index contributed by atoms with van der Waals surface area (Å²) in [6.07, 6.45) is 5.18. The molecule has 0 heterocycles. The first kappa shape index (κ1) is 18.2. The molecule has 1 aliphatic carbocycles. The van der Waals surface area contributed by atoms with Crippen LogP contribution in [0.3, 0.4) is 0 Å². The standard InChI is InChI=1S/C18H25FN2O3/c1-21(12-9-16(22)23)17(24)20-13-18(10-3-2-4-11-18)14-5-7-15(19)8-6-14/h5-8H,2-4,9-13H2,1H3,(H,20,24)(H,22,23). The van der Waals surface area contributed by atoms with Gasteiger partial charge in [-0.05, 0) is 30.5 Å². The van der Waals surface area contributed by atoms with Crippen LogP contribution >= 0.6 is 0 Å². The molecule has 6 heteroatoms. The molecule has 132 valence electrons. The average Bonchev–Trinajstić information content (AvgIpc) is 2.59. The van der Waals surface area contributed by atoms with E-state index in [2.05, 4.69) is 5.32 Å². The number of halogens is 1. The van der Waals surface area contributed by atoms with E-state index < -0.39 is 5.97 Å². The van der Waals surface area contributed by atoms with Gasteiger partial charge in [-0.3, -0.25) is 4.79 Å². The summed E-state index contributed by atoms with van der Waals surface area (Å²) in [6, 6.07) is 6.27. The predicted octanol–water partition coefficient (Wildman–Crippen LogP) is 3.14. The minimum absolute atomic E-state index is 0.0764. The quantitative estimate of drug-likeness (QED) is 0.838. The van der Waals surface area contributed by atoms with Crippen LogP contribution < -0.4 is 5.32 Å². The Bertz CT molecular complexity index is 568. The summed E-state index contributed by atoms with van der Waals surface area (Å²) in [4.78, 5) is 24.2. The summed E-state index contributed by atoms with van der Waals surface area (Å²) in [5, 5.41) is 11.6. The zero-order valence-corrected chi connectivity index (χ0v) is 14.1.